The molecule has 0 amide bonds. The number of aryl methyl sites for hydroxylation is 1. The van der Waals surface area contributed by atoms with Crippen molar-refractivity contribution >= 4 is 0 Å². The zero-order valence-electron chi connectivity index (χ0n) is 12.8. The first-order valence-corrected chi connectivity index (χ1v) is 8.08. The van der Waals surface area contributed by atoms with Crippen LogP contribution in [0.1, 0.15) is 57.2 Å². The van der Waals surface area contributed by atoms with Crippen molar-refractivity contribution in [1.82, 2.24) is 14.9 Å². The van der Waals surface area contributed by atoms with E-state index in [9.17, 15) is 0 Å². The summed E-state index contributed by atoms with van der Waals surface area (Å²) in [7, 11) is 2.09. The second-order valence-corrected chi connectivity index (χ2v) is 6.46. The maximum absolute atomic E-state index is 6.18. The number of ether oxygens (including phenoxy) is 1. The van der Waals surface area contributed by atoms with Crippen LogP contribution >= 0.6 is 0 Å². The molecule has 0 radical (unpaired) electrons. The zero-order chi connectivity index (χ0) is 14.0. The van der Waals surface area contributed by atoms with Gasteiger partial charge in [-0.15, -0.1) is 0 Å². The highest BCUT2D eigenvalue weighted by atomic mass is 16.5. The van der Waals surface area contributed by atoms with Gasteiger partial charge in [-0.3, -0.25) is 0 Å². The lowest BCUT2D eigenvalue weighted by atomic mass is 9.79. The third-order valence-corrected chi connectivity index (χ3v) is 5.11. The Morgan fingerprint density at radius 3 is 2.95 bits per heavy atom. The molecule has 2 heterocycles. The van der Waals surface area contributed by atoms with E-state index in [2.05, 4.69) is 28.8 Å². The summed E-state index contributed by atoms with van der Waals surface area (Å²) in [5.74, 6) is 0.664. The van der Waals surface area contributed by atoms with Gasteiger partial charge in [0, 0.05) is 19.9 Å². The number of nitrogens with one attached hydrogen (secondary N) is 1. The van der Waals surface area contributed by atoms with E-state index in [4.69, 9.17) is 4.74 Å². The topological polar surface area (TPSA) is 39.1 Å². The van der Waals surface area contributed by atoms with Gasteiger partial charge in [0.2, 0.25) is 0 Å². The molecule has 1 aliphatic heterocycles. The number of nitrogens with zero attached hydrogens (tertiary/aromatic N) is 2. The van der Waals surface area contributed by atoms with Crippen LogP contribution in [0, 0.1) is 5.92 Å². The van der Waals surface area contributed by atoms with Gasteiger partial charge in [0.15, 0.2) is 0 Å². The van der Waals surface area contributed by atoms with Crippen LogP contribution in [0.3, 0.4) is 0 Å². The largest absolute Gasteiger partial charge is 0.375 e. The predicted octanol–water partition coefficient (Wildman–Crippen LogP) is 2.81. The van der Waals surface area contributed by atoms with Crippen molar-refractivity contribution in [3.05, 3.63) is 18.2 Å². The van der Waals surface area contributed by atoms with E-state index >= 15 is 0 Å². The summed E-state index contributed by atoms with van der Waals surface area (Å²) in [6.45, 7) is 4.11. The number of aromatic nitrogens is 2. The Morgan fingerprint density at radius 2 is 2.30 bits per heavy atom. The van der Waals surface area contributed by atoms with Gasteiger partial charge in [0.1, 0.15) is 0 Å². The molecule has 4 nitrogen and oxygen atoms in total. The Kier molecular flexibility index (Phi) is 4.13. The predicted molar refractivity (Wildman–Crippen MR) is 79.5 cm³/mol. The summed E-state index contributed by atoms with van der Waals surface area (Å²) >= 11 is 0. The van der Waals surface area contributed by atoms with E-state index in [0.29, 0.717) is 12.0 Å². The van der Waals surface area contributed by atoms with Crippen molar-refractivity contribution in [3.63, 3.8) is 0 Å². The fourth-order valence-corrected chi connectivity index (χ4v) is 4.12. The van der Waals surface area contributed by atoms with Crippen molar-refractivity contribution in [2.45, 2.75) is 57.1 Å². The van der Waals surface area contributed by atoms with Gasteiger partial charge >= 0.3 is 0 Å². The van der Waals surface area contributed by atoms with E-state index in [1.54, 1.807) is 0 Å². The zero-order valence-corrected chi connectivity index (χ0v) is 12.8. The molecule has 1 aromatic heterocycles. The first-order valence-electron chi connectivity index (χ1n) is 8.08. The second-order valence-electron chi connectivity index (χ2n) is 6.46. The van der Waals surface area contributed by atoms with Crippen LogP contribution in [-0.2, 0) is 11.8 Å². The highest BCUT2D eigenvalue weighted by molar-refractivity contribution is 5.08. The number of imidazole rings is 1. The molecule has 1 saturated carbocycles. The Balaban J connectivity index is 1.79. The molecule has 3 rings (SSSR count). The molecule has 1 spiro atoms. The summed E-state index contributed by atoms with van der Waals surface area (Å²) in [6.07, 6.45) is 11.5. The van der Waals surface area contributed by atoms with Crippen molar-refractivity contribution in [2.24, 2.45) is 13.0 Å². The van der Waals surface area contributed by atoms with Gasteiger partial charge in [0.25, 0.3) is 0 Å². The summed E-state index contributed by atoms with van der Waals surface area (Å²) in [6, 6.07) is 0.411. The van der Waals surface area contributed by atoms with Gasteiger partial charge in [-0.2, -0.15) is 0 Å². The van der Waals surface area contributed by atoms with Crippen molar-refractivity contribution < 1.29 is 4.74 Å². The van der Waals surface area contributed by atoms with Crippen LogP contribution in [0.4, 0.5) is 0 Å². The summed E-state index contributed by atoms with van der Waals surface area (Å²) in [5.41, 5.74) is 1.50. The Hall–Kier alpha value is -0.870. The van der Waals surface area contributed by atoms with Crippen molar-refractivity contribution in [2.75, 3.05) is 13.2 Å². The monoisotopic (exact) mass is 277 g/mol. The van der Waals surface area contributed by atoms with Crippen molar-refractivity contribution in [1.29, 1.82) is 0 Å². The Bertz CT molecular complexity index is 437. The third kappa shape index (κ3) is 2.63. The normalized spacial score (nSPS) is 27.0. The molecule has 0 bridgehead atoms. The van der Waals surface area contributed by atoms with Gasteiger partial charge < -0.3 is 14.6 Å². The fraction of sp³-hybridized carbons (Fsp3) is 0.812. The first-order chi connectivity index (χ1) is 9.74. The van der Waals surface area contributed by atoms with Crippen LogP contribution in [0.5, 0.6) is 0 Å². The SMILES string of the molecule is CCNC(c1cncn1C)C1CCOC2(CCCC2)C1. The minimum Gasteiger partial charge on any atom is -0.375 e. The number of hydrogen-bond acceptors (Lipinski definition) is 3. The fourth-order valence-electron chi connectivity index (χ4n) is 4.12. The highest BCUT2D eigenvalue weighted by Gasteiger charge is 2.42. The lowest BCUT2D eigenvalue weighted by molar-refractivity contribution is -0.0984. The van der Waals surface area contributed by atoms with Gasteiger partial charge in [-0.25, -0.2) is 4.98 Å². The van der Waals surface area contributed by atoms with Gasteiger partial charge in [-0.05, 0) is 38.1 Å². The van der Waals surface area contributed by atoms with Gasteiger partial charge in [0.05, 0.1) is 23.7 Å². The molecule has 1 saturated heterocycles. The molecule has 1 aromatic rings. The standard InChI is InChI=1S/C16H27N3O/c1-3-18-15(14-11-17-12-19(14)2)13-6-9-20-16(10-13)7-4-5-8-16/h11-13,15,18H,3-10H2,1-2H3. The molecule has 2 unspecified atom stereocenters. The maximum atomic E-state index is 6.18. The number of hydrogen-bond donors (Lipinski definition) is 1. The first kappa shape index (κ1) is 14.1. The van der Waals surface area contributed by atoms with Crippen molar-refractivity contribution in [3.8, 4) is 0 Å². The van der Waals surface area contributed by atoms with E-state index in [-0.39, 0.29) is 5.60 Å². The third-order valence-electron chi connectivity index (χ3n) is 5.11. The van der Waals surface area contributed by atoms with E-state index in [1.165, 1.54) is 37.8 Å². The molecular weight excluding hydrogens is 250 g/mol. The van der Waals surface area contributed by atoms with Crippen LogP contribution < -0.4 is 5.32 Å². The molecule has 2 aliphatic rings. The molecular formula is C16H27N3O. The molecule has 2 atom stereocenters. The van der Waals surface area contributed by atoms with E-state index in [0.717, 1.165) is 19.6 Å². The molecule has 1 N–H and O–H groups in total. The molecule has 20 heavy (non-hydrogen) atoms. The summed E-state index contributed by atoms with van der Waals surface area (Å²) in [4.78, 5) is 4.30. The smallest absolute Gasteiger partial charge is 0.0946 e. The maximum Gasteiger partial charge on any atom is 0.0946 e. The average Bonchev–Trinajstić information content (AvgIpc) is 3.06. The van der Waals surface area contributed by atoms with Crippen LogP contribution in [-0.4, -0.2) is 28.3 Å². The highest BCUT2D eigenvalue weighted by Crippen LogP contribution is 2.45. The molecule has 4 heteroatoms. The second kappa shape index (κ2) is 5.86. The van der Waals surface area contributed by atoms with Crippen LogP contribution in [0.25, 0.3) is 0 Å². The average molecular weight is 277 g/mol. The molecule has 1 aliphatic carbocycles. The molecule has 2 fully saturated rings. The summed E-state index contributed by atoms with van der Waals surface area (Å²) < 4.78 is 8.34. The Morgan fingerprint density at radius 1 is 1.50 bits per heavy atom. The minimum atomic E-state index is 0.190. The van der Waals surface area contributed by atoms with Crippen LogP contribution in [0.2, 0.25) is 0 Å². The van der Waals surface area contributed by atoms with E-state index < -0.39 is 0 Å². The number of rotatable bonds is 4. The Labute approximate surface area is 121 Å². The quantitative estimate of drug-likeness (QED) is 0.920. The summed E-state index contributed by atoms with van der Waals surface area (Å²) in [5, 5.41) is 3.69. The van der Waals surface area contributed by atoms with Gasteiger partial charge in [-0.1, -0.05) is 19.8 Å². The van der Waals surface area contributed by atoms with E-state index in [1.807, 2.05) is 12.5 Å². The minimum absolute atomic E-state index is 0.190. The molecule has 112 valence electrons. The lowest BCUT2D eigenvalue weighted by Crippen LogP contribution is -2.42. The lowest BCUT2D eigenvalue weighted by Gasteiger charge is -2.41. The van der Waals surface area contributed by atoms with Crippen LogP contribution in [0.15, 0.2) is 12.5 Å². The molecule has 0 aromatic carbocycles.